The van der Waals surface area contributed by atoms with Crippen LogP contribution in [-0.4, -0.2) is 47.0 Å². The predicted molar refractivity (Wildman–Crippen MR) is 77.0 cm³/mol. The van der Waals surface area contributed by atoms with Gasteiger partial charge in [-0.2, -0.15) is 0 Å². The summed E-state index contributed by atoms with van der Waals surface area (Å²) in [5, 5.41) is 5.77. The number of anilines is 2. The molecule has 7 nitrogen and oxygen atoms in total. The van der Waals surface area contributed by atoms with E-state index in [1.807, 2.05) is 28.7 Å². The maximum Gasteiger partial charge on any atom is 0.242 e. The van der Waals surface area contributed by atoms with Crippen LogP contribution in [0.15, 0.2) is 18.6 Å². The van der Waals surface area contributed by atoms with Gasteiger partial charge in [-0.1, -0.05) is 0 Å². The molecule has 0 aliphatic carbocycles. The van der Waals surface area contributed by atoms with E-state index in [-0.39, 0.29) is 11.9 Å². The minimum atomic E-state index is -0.167. The molecule has 0 aromatic carbocycles. The van der Waals surface area contributed by atoms with Crippen molar-refractivity contribution in [2.24, 2.45) is 0 Å². The summed E-state index contributed by atoms with van der Waals surface area (Å²) < 4.78 is 1.92. The number of fused-ring (bicyclic) bond motifs is 1. The van der Waals surface area contributed by atoms with Crippen molar-refractivity contribution in [2.75, 3.05) is 30.9 Å². The van der Waals surface area contributed by atoms with E-state index in [4.69, 9.17) is 0 Å². The first-order valence-corrected chi connectivity index (χ1v) is 6.74. The summed E-state index contributed by atoms with van der Waals surface area (Å²) in [6.45, 7) is 0.820. The van der Waals surface area contributed by atoms with Gasteiger partial charge in [-0.05, 0) is 12.8 Å². The first-order chi connectivity index (χ1) is 9.74. The Morgan fingerprint density at radius 3 is 3.05 bits per heavy atom. The summed E-state index contributed by atoms with van der Waals surface area (Å²) in [5.41, 5.74) is 0.778. The van der Waals surface area contributed by atoms with E-state index >= 15 is 0 Å². The molecule has 1 aliphatic heterocycles. The summed E-state index contributed by atoms with van der Waals surface area (Å²) in [7, 11) is 3.50. The summed E-state index contributed by atoms with van der Waals surface area (Å²) in [4.78, 5) is 23.0. The van der Waals surface area contributed by atoms with E-state index in [9.17, 15) is 4.79 Å². The highest BCUT2D eigenvalue weighted by Crippen LogP contribution is 2.28. The second-order valence-electron chi connectivity index (χ2n) is 4.82. The van der Waals surface area contributed by atoms with Gasteiger partial charge in [0.25, 0.3) is 0 Å². The number of imidazole rings is 1. The van der Waals surface area contributed by atoms with Crippen molar-refractivity contribution in [2.45, 2.75) is 18.9 Å². The van der Waals surface area contributed by atoms with E-state index in [0.717, 1.165) is 36.7 Å². The molecule has 0 radical (unpaired) electrons. The van der Waals surface area contributed by atoms with Gasteiger partial charge in [0, 0.05) is 33.0 Å². The third-order valence-corrected chi connectivity index (χ3v) is 3.69. The van der Waals surface area contributed by atoms with E-state index in [2.05, 4.69) is 20.6 Å². The van der Waals surface area contributed by atoms with Crippen LogP contribution in [0.3, 0.4) is 0 Å². The molecular formula is C13H18N6O. The molecule has 0 spiro atoms. The Bertz CT molecular complexity index is 637. The first-order valence-electron chi connectivity index (χ1n) is 6.74. The molecule has 20 heavy (non-hydrogen) atoms. The predicted octanol–water partition coefficient (Wildman–Crippen LogP) is 0.486. The van der Waals surface area contributed by atoms with Gasteiger partial charge in [-0.3, -0.25) is 4.79 Å². The van der Waals surface area contributed by atoms with Gasteiger partial charge in [-0.15, -0.1) is 0 Å². The number of nitrogens with zero attached hydrogens (tertiary/aromatic N) is 4. The molecule has 2 N–H and O–H groups in total. The Morgan fingerprint density at radius 1 is 1.45 bits per heavy atom. The van der Waals surface area contributed by atoms with Crippen molar-refractivity contribution < 1.29 is 4.79 Å². The van der Waals surface area contributed by atoms with Crippen LogP contribution in [0.1, 0.15) is 12.8 Å². The van der Waals surface area contributed by atoms with Crippen LogP contribution < -0.4 is 15.5 Å². The van der Waals surface area contributed by atoms with Crippen LogP contribution in [0, 0.1) is 0 Å². The van der Waals surface area contributed by atoms with Crippen LogP contribution in [0.5, 0.6) is 0 Å². The fourth-order valence-electron chi connectivity index (χ4n) is 2.69. The number of amides is 1. The number of carbonyl (C=O) groups excluding carboxylic acids is 1. The quantitative estimate of drug-likeness (QED) is 0.852. The largest absolute Gasteiger partial charge is 0.372 e. The monoisotopic (exact) mass is 274 g/mol. The van der Waals surface area contributed by atoms with Crippen LogP contribution in [-0.2, 0) is 4.79 Å². The van der Waals surface area contributed by atoms with Gasteiger partial charge in [0.1, 0.15) is 11.9 Å². The topological polar surface area (TPSA) is 74.6 Å². The number of carbonyl (C=O) groups is 1. The highest BCUT2D eigenvalue weighted by Gasteiger charge is 2.32. The molecule has 2 aromatic heterocycles. The van der Waals surface area contributed by atoms with Crippen LogP contribution in [0.2, 0.25) is 0 Å². The van der Waals surface area contributed by atoms with E-state index < -0.39 is 0 Å². The summed E-state index contributed by atoms with van der Waals surface area (Å²) >= 11 is 0. The molecule has 3 heterocycles. The lowest BCUT2D eigenvalue weighted by molar-refractivity contribution is -0.121. The number of nitrogens with one attached hydrogen (secondary N) is 2. The number of likely N-dealkylation sites (N-methyl/N-ethyl adjacent to an activating group) is 1. The number of rotatable bonds is 3. The standard InChI is InChI=1S/C13H18N6O/c1-14-10-8-18-7-5-16-11(18)12(17-10)19-6-3-4-9(19)13(20)15-2/h5,7-9,14H,3-4,6H2,1-2H3,(H,15,20). The molecule has 1 unspecified atom stereocenters. The lowest BCUT2D eigenvalue weighted by atomic mass is 10.2. The summed E-state index contributed by atoms with van der Waals surface area (Å²) in [6, 6.07) is -0.167. The lowest BCUT2D eigenvalue weighted by Gasteiger charge is -2.25. The second-order valence-corrected chi connectivity index (χ2v) is 4.82. The molecule has 1 amide bonds. The summed E-state index contributed by atoms with van der Waals surface area (Å²) in [6.07, 6.45) is 7.34. The van der Waals surface area contributed by atoms with Crippen molar-refractivity contribution in [1.29, 1.82) is 0 Å². The van der Waals surface area contributed by atoms with E-state index in [0.29, 0.717) is 0 Å². The zero-order chi connectivity index (χ0) is 14.1. The fraction of sp³-hybridized carbons (Fsp3) is 0.462. The molecule has 7 heteroatoms. The molecular weight excluding hydrogens is 256 g/mol. The Morgan fingerprint density at radius 2 is 2.30 bits per heavy atom. The number of hydrogen-bond acceptors (Lipinski definition) is 5. The molecule has 3 rings (SSSR count). The van der Waals surface area contributed by atoms with E-state index in [1.165, 1.54) is 0 Å². The maximum atomic E-state index is 12.0. The second kappa shape index (κ2) is 4.99. The van der Waals surface area contributed by atoms with Crippen LogP contribution in [0.4, 0.5) is 11.6 Å². The molecule has 1 fully saturated rings. The van der Waals surface area contributed by atoms with Crippen molar-refractivity contribution >= 4 is 23.2 Å². The minimum Gasteiger partial charge on any atom is -0.372 e. The molecule has 0 bridgehead atoms. The zero-order valence-corrected chi connectivity index (χ0v) is 11.6. The van der Waals surface area contributed by atoms with Gasteiger partial charge in [-0.25, -0.2) is 9.97 Å². The van der Waals surface area contributed by atoms with E-state index in [1.54, 1.807) is 13.2 Å². The van der Waals surface area contributed by atoms with Gasteiger partial charge in [0.15, 0.2) is 11.5 Å². The molecule has 1 aliphatic rings. The number of hydrogen-bond donors (Lipinski definition) is 2. The maximum absolute atomic E-state index is 12.0. The Labute approximate surface area is 117 Å². The smallest absolute Gasteiger partial charge is 0.242 e. The van der Waals surface area contributed by atoms with Crippen molar-refractivity contribution in [1.82, 2.24) is 19.7 Å². The molecule has 106 valence electrons. The average molecular weight is 274 g/mol. The summed E-state index contributed by atoms with van der Waals surface area (Å²) in [5.74, 6) is 1.55. The fourth-order valence-corrected chi connectivity index (χ4v) is 2.69. The van der Waals surface area contributed by atoms with Crippen molar-refractivity contribution in [3.05, 3.63) is 18.6 Å². The highest BCUT2D eigenvalue weighted by atomic mass is 16.2. The Hall–Kier alpha value is -2.31. The lowest BCUT2D eigenvalue weighted by Crippen LogP contribution is -2.42. The van der Waals surface area contributed by atoms with Gasteiger partial charge in [0.05, 0.1) is 6.20 Å². The molecule has 1 saturated heterocycles. The zero-order valence-electron chi connectivity index (χ0n) is 11.6. The normalized spacial score (nSPS) is 18.5. The Balaban J connectivity index is 2.08. The van der Waals surface area contributed by atoms with Crippen LogP contribution in [0.25, 0.3) is 5.65 Å². The highest BCUT2D eigenvalue weighted by molar-refractivity contribution is 5.86. The van der Waals surface area contributed by atoms with Gasteiger partial charge < -0.3 is 19.9 Å². The molecule has 2 aromatic rings. The number of aromatic nitrogens is 3. The average Bonchev–Trinajstić information content (AvgIpc) is 3.13. The van der Waals surface area contributed by atoms with Crippen molar-refractivity contribution in [3.8, 4) is 0 Å². The third-order valence-electron chi connectivity index (χ3n) is 3.69. The Kier molecular flexibility index (Phi) is 3.17. The van der Waals surface area contributed by atoms with Gasteiger partial charge in [0.2, 0.25) is 5.91 Å². The SMILES string of the molecule is CNC(=O)C1CCCN1c1nc(NC)cn2ccnc12. The van der Waals surface area contributed by atoms with Crippen molar-refractivity contribution in [3.63, 3.8) is 0 Å². The first kappa shape index (κ1) is 12.7. The third kappa shape index (κ3) is 1.95. The molecule has 1 atom stereocenters. The van der Waals surface area contributed by atoms with Gasteiger partial charge >= 0.3 is 0 Å². The van der Waals surface area contributed by atoms with Crippen LogP contribution >= 0.6 is 0 Å². The minimum absolute atomic E-state index is 0.0314. The molecule has 0 saturated carbocycles.